The molecule has 1 heterocycles. The number of hydrogen-bond donors (Lipinski definition) is 2. The van der Waals surface area contributed by atoms with Crippen LogP contribution in [0, 0.1) is 13.8 Å². The zero-order chi connectivity index (χ0) is 12.4. The van der Waals surface area contributed by atoms with Crippen LogP contribution in [0.15, 0.2) is 29.3 Å². The lowest BCUT2D eigenvalue weighted by Crippen LogP contribution is -2.13. The molecule has 1 aromatic carbocycles. The molecular weight excluding hydrogens is 218 g/mol. The third kappa shape index (κ3) is 2.44. The minimum absolute atomic E-state index is 0.0216. The van der Waals surface area contributed by atoms with Crippen LogP contribution in [0.1, 0.15) is 11.1 Å². The van der Waals surface area contributed by atoms with E-state index in [0.29, 0.717) is 5.75 Å². The number of aromatic nitrogens is 2. The van der Waals surface area contributed by atoms with Gasteiger partial charge in [0.1, 0.15) is 5.75 Å². The SMILES string of the molecule is Cc1cc(C)cc(Oc2nc[nH]c(=O)c2N)c1. The molecule has 2 rings (SSSR count). The van der Waals surface area contributed by atoms with E-state index in [0.717, 1.165) is 11.1 Å². The molecule has 0 aliphatic carbocycles. The van der Waals surface area contributed by atoms with Crippen LogP contribution in [-0.4, -0.2) is 9.97 Å². The zero-order valence-corrected chi connectivity index (χ0v) is 9.65. The second-order valence-electron chi connectivity index (χ2n) is 3.88. The van der Waals surface area contributed by atoms with Gasteiger partial charge in [0.25, 0.3) is 5.56 Å². The van der Waals surface area contributed by atoms with Gasteiger partial charge in [-0.2, -0.15) is 0 Å². The molecule has 17 heavy (non-hydrogen) atoms. The Labute approximate surface area is 98.3 Å². The van der Waals surface area contributed by atoms with E-state index in [1.165, 1.54) is 6.33 Å². The lowest BCUT2D eigenvalue weighted by Gasteiger charge is -2.07. The van der Waals surface area contributed by atoms with Gasteiger partial charge < -0.3 is 15.5 Å². The molecule has 88 valence electrons. The summed E-state index contributed by atoms with van der Waals surface area (Å²) in [6.07, 6.45) is 1.26. The number of hydrogen-bond acceptors (Lipinski definition) is 4. The number of aryl methyl sites for hydroxylation is 2. The predicted octanol–water partition coefficient (Wildman–Crippen LogP) is 1.76. The number of rotatable bonds is 2. The van der Waals surface area contributed by atoms with Gasteiger partial charge in [-0.15, -0.1) is 0 Å². The highest BCUT2D eigenvalue weighted by atomic mass is 16.5. The maximum atomic E-state index is 11.3. The molecule has 0 amide bonds. The topological polar surface area (TPSA) is 81.0 Å². The Morgan fingerprint density at radius 2 is 1.88 bits per heavy atom. The first-order chi connectivity index (χ1) is 8.06. The van der Waals surface area contributed by atoms with E-state index < -0.39 is 5.56 Å². The van der Waals surface area contributed by atoms with E-state index in [9.17, 15) is 4.79 Å². The quantitative estimate of drug-likeness (QED) is 0.825. The normalized spacial score (nSPS) is 10.2. The summed E-state index contributed by atoms with van der Waals surface area (Å²) in [5, 5.41) is 0. The molecule has 3 N–H and O–H groups in total. The molecule has 0 saturated carbocycles. The molecule has 0 spiro atoms. The van der Waals surface area contributed by atoms with Crippen molar-refractivity contribution in [2.24, 2.45) is 0 Å². The van der Waals surface area contributed by atoms with E-state index in [4.69, 9.17) is 10.5 Å². The Balaban J connectivity index is 2.38. The van der Waals surface area contributed by atoms with Crippen molar-refractivity contribution in [3.8, 4) is 11.6 Å². The second-order valence-corrected chi connectivity index (χ2v) is 3.88. The number of benzene rings is 1. The molecule has 5 heteroatoms. The third-order valence-corrected chi connectivity index (χ3v) is 2.26. The van der Waals surface area contributed by atoms with Crippen molar-refractivity contribution in [3.05, 3.63) is 46.0 Å². The molecule has 0 aliphatic rings. The second kappa shape index (κ2) is 4.29. The minimum Gasteiger partial charge on any atom is -0.437 e. The summed E-state index contributed by atoms with van der Waals surface area (Å²) in [6.45, 7) is 3.93. The van der Waals surface area contributed by atoms with Crippen LogP contribution in [0.25, 0.3) is 0 Å². The number of nitrogen functional groups attached to an aromatic ring is 1. The van der Waals surface area contributed by atoms with Crippen molar-refractivity contribution in [2.45, 2.75) is 13.8 Å². The van der Waals surface area contributed by atoms with Crippen LogP contribution >= 0.6 is 0 Å². The van der Waals surface area contributed by atoms with E-state index in [-0.39, 0.29) is 11.6 Å². The molecule has 0 unspecified atom stereocenters. The molecule has 5 nitrogen and oxygen atoms in total. The summed E-state index contributed by atoms with van der Waals surface area (Å²) in [6, 6.07) is 5.74. The van der Waals surface area contributed by atoms with Crippen LogP contribution in [0.5, 0.6) is 11.6 Å². The van der Waals surface area contributed by atoms with Crippen molar-refractivity contribution >= 4 is 5.69 Å². The third-order valence-electron chi connectivity index (χ3n) is 2.26. The van der Waals surface area contributed by atoms with Gasteiger partial charge in [-0.25, -0.2) is 4.98 Å². The molecule has 1 aromatic heterocycles. The van der Waals surface area contributed by atoms with Crippen molar-refractivity contribution < 1.29 is 4.74 Å². The average molecular weight is 231 g/mol. The first kappa shape index (κ1) is 11.2. The number of ether oxygens (including phenoxy) is 1. The van der Waals surface area contributed by atoms with Gasteiger partial charge in [-0.3, -0.25) is 4.79 Å². The summed E-state index contributed by atoms with van der Waals surface area (Å²) in [5.41, 5.74) is 7.30. The monoisotopic (exact) mass is 231 g/mol. The number of nitrogens with zero attached hydrogens (tertiary/aromatic N) is 1. The molecular formula is C12H13N3O2. The molecule has 0 radical (unpaired) electrons. The zero-order valence-electron chi connectivity index (χ0n) is 9.65. The van der Waals surface area contributed by atoms with E-state index in [1.807, 2.05) is 32.0 Å². The molecule has 0 fully saturated rings. The lowest BCUT2D eigenvalue weighted by atomic mass is 10.1. The molecule has 0 aliphatic heterocycles. The summed E-state index contributed by atoms with van der Waals surface area (Å²) >= 11 is 0. The summed E-state index contributed by atoms with van der Waals surface area (Å²) in [5.74, 6) is 0.742. The summed E-state index contributed by atoms with van der Waals surface area (Å²) < 4.78 is 5.50. The van der Waals surface area contributed by atoms with Gasteiger partial charge in [0.2, 0.25) is 5.88 Å². The van der Waals surface area contributed by atoms with Crippen LogP contribution in [0.2, 0.25) is 0 Å². The molecule has 0 saturated heterocycles. The maximum absolute atomic E-state index is 11.3. The Morgan fingerprint density at radius 1 is 1.24 bits per heavy atom. The highest BCUT2D eigenvalue weighted by Crippen LogP contribution is 2.24. The smallest absolute Gasteiger partial charge is 0.277 e. The number of H-pyrrole nitrogens is 1. The summed E-state index contributed by atoms with van der Waals surface area (Å²) in [7, 11) is 0. The van der Waals surface area contributed by atoms with E-state index >= 15 is 0 Å². The lowest BCUT2D eigenvalue weighted by molar-refractivity contribution is 0.462. The maximum Gasteiger partial charge on any atom is 0.277 e. The number of nitrogens with one attached hydrogen (secondary N) is 1. The van der Waals surface area contributed by atoms with Crippen molar-refractivity contribution in [3.63, 3.8) is 0 Å². The number of aromatic amines is 1. The van der Waals surface area contributed by atoms with E-state index in [1.54, 1.807) is 0 Å². The van der Waals surface area contributed by atoms with Gasteiger partial charge in [0.15, 0.2) is 5.69 Å². The highest BCUT2D eigenvalue weighted by Gasteiger charge is 2.07. The Kier molecular flexibility index (Phi) is 2.82. The molecule has 0 bridgehead atoms. The fourth-order valence-electron chi connectivity index (χ4n) is 1.58. The van der Waals surface area contributed by atoms with Crippen molar-refractivity contribution in [1.29, 1.82) is 0 Å². The van der Waals surface area contributed by atoms with Gasteiger partial charge in [-0.1, -0.05) is 6.07 Å². The van der Waals surface area contributed by atoms with Crippen LogP contribution < -0.4 is 16.0 Å². The fourth-order valence-corrected chi connectivity index (χ4v) is 1.58. The van der Waals surface area contributed by atoms with Crippen molar-refractivity contribution in [1.82, 2.24) is 9.97 Å². The predicted molar refractivity (Wildman–Crippen MR) is 65.3 cm³/mol. The molecule has 0 atom stereocenters. The van der Waals surface area contributed by atoms with Crippen molar-refractivity contribution in [2.75, 3.05) is 5.73 Å². The number of nitrogens with two attached hydrogens (primary N) is 1. The largest absolute Gasteiger partial charge is 0.437 e. The minimum atomic E-state index is -0.403. The van der Waals surface area contributed by atoms with Gasteiger partial charge in [0, 0.05) is 0 Å². The van der Waals surface area contributed by atoms with Crippen LogP contribution in [-0.2, 0) is 0 Å². The first-order valence-corrected chi connectivity index (χ1v) is 5.15. The summed E-state index contributed by atoms with van der Waals surface area (Å²) in [4.78, 5) is 17.5. The average Bonchev–Trinajstić information content (AvgIpc) is 2.23. The number of anilines is 1. The van der Waals surface area contributed by atoms with Gasteiger partial charge >= 0.3 is 0 Å². The van der Waals surface area contributed by atoms with Crippen LogP contribution in [0.3, 0.4) is 0 Å². The van der Waals surface area contributed by atoms with Crippen LogP contribution in [0.4, 0.5) is 5.69 Å². The standard InChI is InChI=1S/C12H13N3O2/c1-7-3-8(2)5-9(4-7)17-12-10(13)11(16)14-6-15-12/h3-6H,13H2,1-2H3,(H,14,15,16). The Bertz CT molecular complexity index is 585. The van der Waals surface area contributed by atoms with Gasteiger partial charge in [0.05, 0.1) is 6.33 Å². The first-order valence-electron chi connectivity index (χ1n) is 5.15. The Morgan fingerprint density at radius 3 is 2.53 bits per heavy atom. The Hall–Kier alpha value is -2.30. The molecule has 2 aromatic rings. The highest BCUT2D eigenvalue weighted by molar-refractivity contribution is 5.47. The van der Waals surface area contributed by atoms with E-state index in [2.05, 4.69) is 9.97 Å². The van der Waals surface area contributed by atoms with Gasteiger partial charge in [-0.05, 0) is 37.1 Å². The fraction of sp³-hybridized carbons (Fsp3) is 0.167.